The van der Waals surface area contributed by atoms with E-state index in [-0.39, 0.29) is 17.9 Å². The zero-order valence-corrected chi connectivity index (χ0v) is 13.1. The van der Waals surface area contributed by atoms with Crippen molar-refractivity contribution in [1.82, 2.24) is 9.80 Å². The highest BCUT2D eigenvalue weighted by Gasteiger charge is 2.29. The number of anilines is 1. The Kier molecular flexibility index (Phi) is 5.07. The highest BCUT2D eigenvalue weighted by Crippen LogP contribution is 2.20. The average molecular weight is 310 g/mol. The van der Waals surface area contributed by atoms with Crippen LogP contribution in [0.2, 0.25) is 5.02 Å². The van der Waals surface area contributed by atoms with Crippen molar-refractivity contribution < 1.29 is 9.59 Å². The molecule has 21 heavy (non-hydrogen) atoms. The van der Waals surface area contributed by atoms with Gasteiger partial charge in [-0.2, -0.15) is 0 Å². The van der Waals surface area contributed by atoms with Crippen molar-refractivity contribution in [2.24, 2.45) is 5.92 Å². The molecule has 1 aromatic carbocycles. The number of likely N-dealkylation sites (tertiary alicyclic amines) is 1. The predicted molar refractivity (Wildman–Crippen MR) is 83.5 cm³/mol. The summed E-state index contributed by atoms with van der Waals surface area (Å²) in [5.41, 5.74) is 0.723. The van der Waals surface area contributed by atoms with Gasteiger partial charge >= 0.3 is 6.03 Å². The Morgan fingerprint density at radius 2 is 1.95 bits per heavy atom. The number of carbonyl (C=O) groups is 2. The molecule has 5 nitrogen and oxygen atoms in total. The lowest BCUT2D eigenvalue weighted by Crippen LogP contribution is -2.47. The van der Waals surface area contributed by atoms with Crippen LogP contribution in [-0.2, 0) is 4.79 Å². The Labute approximate surface area is 129 Å². The quantitative estimate of drug-likeness (QED) is 0.913. The Morgan fingerprint density at radius 1 is 1.29 bits per heavy atom. The van der Waals surface area contributed by atoms with E-state index in [1.165, 1.54) is 0 Å². The standard InChI is InChI=1S/C15H20ClN3O2/c1-18(2)15(21)19-9-3-4-11(10-19)14(20)17-13-7-5-12(16)6-8-13/h5-8,11H,3-4,9-10H2,1-2H3,(H,17,20)/t11-/m1/s1. The molecule has 0 radical (unpaired) electrons. The van der Waals surface area contributed by atoms with Crippen molar-refractivity contribution >= 4 is 29.2 Å². The molecule has 2 rings (SSSR count). The maximum atomic E-state index is 12.3. The highest BCUT2D eigenvalue weighted by atomic mass is 35.5. The summed E-state index contributed by atoms with van der Waals surface area (Å²) in [5.74, 6) is -0.216. The SMILES string of the molecule is CN(C)C(=O)N1CCC[C@@H](C(=O)Nc2ccc(Cl)cc2)C1. The monoisotopic (exact) mass is 309 g/mol. The van der Waals surface area contributed by atoms with Crippen LogP contribution in [0.3, 0.4) is 0 Å². The molecule has 1 atom stereocenters. The summed E-state index contributed by atoms with van der Waals surface area (Å²) in [6.45, 7) is 1.18. The van der Waals surface area contributed by atoms with Gasteiger partial charge in [-0.15, -0.1) is 0 Å². The Bertz CT molecular complexity index is 516. The minimum Gasteiger partial charge on any atom is -0.331 e. The molecule has 1 heterocycles. The summed E-state index contributed by atoms with van der Waals surface area (Å²) in [5, 5.41) is 3.51. The fourth-order valence-corrected chi connectivity index (χ4v) is 2.55. The van der Waals surface area contributed by atoms with Gasteiger partial charge in [0.05, 0.1) is 5.92 Å². The number of carbonyl (C=O) groups excluding carboxylic acids is 2. The molecule has 1 N–H and O–H groups in total. The number of hydrogen-bond donors (Lipinski definition) is 1. The zero-order chi connectivity index (χ0) is 15.4. The van der Waals surface area contributed by atoms with Crippen molar-refractivity contribution in [3.05, 3.63) is 29.3 Å². The van der Waals surface area contributed by atoms with Crippen LogP contribution < -0.4 is 5.32 Å². The number of rotatable bonds is 2. The van der Waals surface area contributed by atoms with Gasteiger partial charge in [0, 0.05) is 37.9 Å². The van der Waals surface area contributed by atoms with Crippen LogP contribution in [0.25, 0.3) is 0 Å². The molecule has 0 bridgehead atoms. The van der Waals surface area contributed by atoms with Gasteiger partial charge < -0.3 is 15.1 Å². The number of amides is 3. The van der Waals surface area contributed by atoms with E-state index in [0.717, 1.165) is 18.5 Å². The smallest absolute Gasteiger partial charge is 0.319 e. The molecule has 0 unspecified atom stereocenters. The van der Waals surface area contributed by atoms with Gasteiger partial charge in [0.25, 0.3) is 0 Å². The lowest BCUT2D eigenvalue weighted by Gasteiger charge is -2.33. The van der Waals surface area contributed by atoms with Gasteiger partial charge in [0.15, 0.2) is 0 Å². The fraction of sp³-hybridized carbons (Fsp3) is 0.467. The maximum absolute atomic E-state index is 12.3. The summed E-state index contributed by atoms with van der Waals surface area (Å²) in [6, 6.07) is 6.97. The third-order valence-electron chi connectivity index (χ3n) is 3.56. The first-order valence-electron chi connectivity index (χ1n) is 7.00. The fourth-order valence-electron chi connectivity index (χ4n) is 2.43. The van der Waals surface area contributed by atoms with Crippen LogP contribution in [0.15, 0.2) is 24.3 Å². The summed E-state index contributed by atoms with van der Waals surface area (Å²) < 4.78 is 0. The van der Waals surface area contributed by atoms with Crippen molar-refractivity contribution in [3.63, 3.8) is 0 Å². The molecule has 0 aromatic heterocycles. The Hall–Kier alpha value is -1.75. The first-order chi connectivity index (χ1) is 9.97. The molecule has 0 aliphatic carbocycles. The lowest BCUT2D eigenvalue weighted by molar-refractivity contribution is -0.121. The van der Waals surface area contributed by atoms with E-state index in [4.69, 9.17) is 11.6 Å². The van der Waals surface area contributed by atoms with Crippen LogP contribution in [0.1, 0.15) is 12.8 Å². The number of halogens is 1. The summed E-state index contributed by atoms with van der Waals surface area (Å²) >= 11 is 5.82. The first kappa shape index (κ1) is 15.6. The van der Waals surface area contributed by atoms with Crippen molar-refractivity contribution in [1.29, 1.82) is 0 Å². The van der Waals surface area contributed by atoms with Crippen LogP contribution in [-0.4, -0.2) is 48.9 Å². The molecule has 0 saturated carbocycles. The van der Waals surface area contributed by atoms with Crippen LogP contribution >= 0.6 is 11.6 Å². The van der Waals surface area contributed by atoms with Crippen LogP contribution in [0, 0.1) is 5.92 Å². The molecule has 0 spiro atoms. The van der Waals surface area contributed by atoms with Gasteiger partial charge in [-0.25, -0.2) is 4.79 Å². The maximum Gasteiger partial charge on any atom is 0.319 e. The van der Waals surface area contributed by atoms with Gasteiger partial charge in [0.1, 0.15) is 0 Å². The van der Waals surface area contributed by atoms with Gasteiger partial charge in [-0.1, -0.05) is 11.6 Å². The highest BCUT2D eigenvalue weighted by molar-refractivity contribution is 6.30. The molecule has 114 valence electrons. The number of benzene rings is 1. The predicted octanol–water partition coefficient (Wildman–Crippen LogP) is 2.67. The number of nitrogens with zero attached hydrogens (tertiary/aromatic N) is 2. The Balaban J connectivity index is 1.96. The molecule has 1 aliphatic heterocycles. The average Bonchev–Trinajstić information content (AvgIpc) is 2.48. The van der Waals surface area contributed by atoms with Gasteiger partial charge in [-0.05, 0) is 37.1 Å². The normalized spacial score (nSPS) is 18.2. The van der Waals surface area contributed by atoms with Crippen LogP contribution in [0.5, 0.6) is 0 Å². The van der Waals surface area contributed by atoms with E-state index >= 15 is 0 Å². The second-order valence-corrected chi connectivity index (χ2v) is 5.89. The van der Waals surface area contributed by atoms with Crippen LogP contribution in [0.4, 0.5) is 10.5 Å². The zero-order valence-electron chi connectivity index (χ0n) is 12.3. The molecule has 3 amide bonds. The molecule has 1 aromatic rings. The van der Waals surface area contributed by atoms with Crippen molar-refractivity contribution in [2.45, 2.75) is 12.8 Å². The summed E-state index contributed by atoms with van der Waals surface area (Å²) in [6.07, 6.45) is 1.65. The molecule has 1 aliphatic rings. The van der Waals surface area contributed by atoms with Crippen molar-refractivity contribution in [3.8, 4) is 0 Å². The third kappa shape index (κ3) is 4.11. The second-order valence-electron chi connectivity index (χ2n) is 5.46. The number of urea groups is 1. The number of nitrogens with one attached hydrogen (secondary N) is 1. The lowest BCUT2D eigenvalue weighted by atomic mass is 9.97. The number of piperidine rings is 1. The topological polar surface area (TPSA) is 52.7 Å². The van der Waals surface area contributed by atoms with E-state index in [0.29, 0.717) is 18.1 Å². The minimum absolute atomic E-state index is 0.0426. The molecular weight excluding hydrogens is 290 g/mol. The van der Waals surface area contributed by atoms with Crippen molar-refractivity contribution in [2.75, 3.05) is 32.5 Å². The second kappa shape index (κ2) is 6.80. The van der Waals surface area contributed by atoms with E-state index in [1.54, 1.807) is 48.2 Å². The summed E-state index contributed by atoms with van der Waals surface area (Å²) in [7, 11) is 3.44. The van der Waals surface area contributed by atoms with E-state index in [1.807, 2.05) is 0 Å². The van der Waals surface area contributed by atoms with E-state index < -0.39 is 0 Å². The van der Waals surface area contributed by atoms with E-state index in [9.17, 15) is 9.59 Å². The largest absolute Gasteiger partial charge is 0.331 e. The Morgan fingerprint density at radius 3 is 2.57 bits per heavy atom. The molecule has 1 saturated heterocycles. The molecule has 6 heteroatoms. The number of hydrogen-bond acceptors (Lipinski definition) is 2. The minimum atomic E-state index is -0.168. The summed E-state index contributed by atoms with van der Waals surface area (Å²) in [4.78, 5) is 27.5. The third-order valence-corrected chi connectivity index (χ3v) is 3.81. The first-order valence-corrected chi connectivity index (χ1v) is 7.38. The van der Waals surface area contributed by atoms with E-state index in [2.05, 4.69) is 5.32 Å². The molecular formula is C15H20ClN3O2. The van der Waals surface area contributed by atoms with Gasteiger partial charge in [0.2, 0.25) is 5.91 Å². The molecule has 1 fully saturated rings. The van der Waals surface area contributed by atoms with Gasteiger partial charge in [-0.3, -0.25) is 4.79 Å².